The molecular weight excluding hydrogens is 750 g/mol. The number of carbonyl (C=O) groups is 2. The van der Waals surface area contributed by atoms with Crippen LogP contribution in [0.1, 0.15) is 181 Å². The van der Waals surface area contributed by atoms with Crippen LogP contribution < -0.4 is 0 Å². The number of esters is 2. The van der Waals surface area contributed by atoms with Gasteiger partial charge in [0, 0.05) is 12.8 Å². The van der Waals surface area contributed by atoms with Crippen molar-refractivity contribution in [2.45, 2.75) is 193 Å². The van der Waals surface area contributed by atoms with E-state index in [0.29, 0.717) is 12.8 Å². The minimum atomic E-state index is -4.86. The Kier molecular flexibility index (Phi) is 36.0. The number of ether oxygens (including phenoxy) is 2. The van der Waals surface area contributed by atoms with E-state index in [1.807, 2.05) is 0 Å². The van der Waals surface area contributed by atoms with Crippen molar-refractivity contribution in [2.24, 2.45) is 0 Å². The number of allylic oxidation sites excluding steroid dienone is 4. The Balaban J connectivity index is 4.55. The molecule has 0 aromatic heterocycles. The molecule has 15 heteroatoms. The maximum atomic E-state index is 12.6. The molecule has 0 radical (unpaired) electrons. The van der Waals surface area contributed by atoms with Gasteiger partial charge in [0.15, 0.2) is 6.10 Å². The molecule has 0 fully saturated rings. The quantitative estimate of drug-likeness (QED) is 0.0197. The topological polar surface area (TPSA) is 195 Å². The van der Waals surface area contributed by atoms with Crippen molar-refractivity contribution < 1.29 is 61.6 Å². The van der Waals surface area contributed by atoms with Gasteiger partial charge in [0.2, 0.25) is 0 Å². The number of aliphatic hydroxyl groups excluding tert-OH is 1. The Morgan fingerprint density at radius 2 is 0.891 bits per heavy atom. The Hall–Kier alpha value is -1.40. The lowest BCUT2D eigenvalue weighted by Gasteiger charge is -2.20. The van der Waals surface area contributed by atoms with E-state index in [2.05, 4.69) is 47.2 Å². The van der Waals surface area contributed by atoms with E-state index in [1.54, 1.807) is 0 Å². The average Bonchev–Trinajstić information content (AvgIpc) is 3.14. The first-order valence-corrected chi connectivity index (χ1v) is 24.1. The van der Waals surface area contributed by atoms with Crippen molar-refractivity contribution in [1.82, 2.24) is 0 Å². The summed E-state index contributed by atoms with van der Waals surface area (Å²) in [5, 5.41) is 9.73. The molecule has 0 rings (SSSR count). The number of hydrogen-bond acceptors (Lipinski definition) is 10. The summed E-state index contributed by atoms with van der Waals surface area (Å²) in [5.41, 5.74) is 0. The van der Waals surface area contributed by atoms with Gasteiger partial charge in [-0.3, -0.25) is 23.2 Å². The molecular formula is C40H76O13P2. The molecule has 324 valence electrons. The lowest BCUT2D eigenvalue weighted by molar-refractivity contribution is -0.161. The normalized spacial score (nSPS) is 14.4. The SMILES string of the molecule is CCCCCC/C=C\CCCCCCCCCC(=O)O[C@H](COC(=O)CCCCCCC/C=C\CCCCCC)COP(=O)(O)OC[C@@H](O)COP(=O)(O)O. The summed E-state index contributed by atoms with van der Waals surface area (Å²) in [6.07, 6.45) is 33.1. The van der Waals surface area contributed by atoms with Gasteiger partial charge in [-0.05, 0) is 64.2 Å². The number of rotatable bonds is 40. The van der Waals surface area contributed by atoms with Gasteiger partial charge in [-0.1, -0.05) is 128 Å². The molecule has 55 heavy (non-hydrogen) atoms. The van der Waals surface area contributed by atoms with Crippen LogP contribution in [-0.2, 0) is 41.8 Å². The second kappa shape index (κ2) is 36.9. The van der Waals surface area contributed by atoms with Crippen LogP contribution in [-0.4, -0.2) is 70.4 Å². The van der Waals surface area contributed by atoms with Gasteiger partial charge in [0.1, 0.15) is 12.7 Å². The van der Waals surface area contributed by atoms with Gasteiger partial charge in [-0.15, -0.1) is 0 Å². The first kappa shape index (κ1) is 53.6. The zero-order valence-electron chi connectivity index (χ0n) is 34.0. The van der Waals surface area contributed by atoms with Crippen LogP contribution >= 0.6 is 15.6 Å². The predicted molar refractivity (Wildman–Crippen MR) is 216 cm³/mol. The second-order valence-electron chi connectivity index (χ2n) is 14.3. The summed E-state index contributed by atoms with van der Waals surface area (Å²) in [4.78, 5) is 52.6. The van der Waals surface area contributed by atoms with Crippen molar-refractivity contribution in [3.8, 4) is 0 Å². The van der Waals surface area contributed by atoms with Crippen molar-refractivity contribution in [1.29, 1.82) is 0 Å². The van der Waals surface area contributed by atoms with Crippen LogP contribution in [0.5, 0.6) is 0 Å². The first-order chi connectivity index (χ1) is 26.4. The highest BCUT2D eigenvalue weighted by Crippen LogP contribution is 2.43. The van der Waals surface area contributed by atoms with Crippen LogP contribution in [0, 0.1) is 0 Å². The van der Waals surface area contributed by atoms with Crippen molar-refractivity contribution >= 4 is 27.6 Å². The maximum absolute atomic E-state index is 12.6. The van der Waals surface area contributed by atoms with Crippen molar-refractivity contribution in [3.63, 3.8) is 0 Å². The number of unbranched alkanes of at least 4 members (excludes halogenated alkanes) is 20. The Morgan fingerprint density at radius 3 is 1.35 bits per heavy atom. The average molecular weight is 827 g/mol. The van der Waals surface area contributed by atoms with E-state index in [-0.39, 0.29) is 19.4 Å². The lowest BCUT2D eigenvalue weighted by Crippen LogP contribution is -2.30. The first-order valence-electron chi connectivity index (χ1n) is 21.0. The fourth-order valence-electron chi connectivity index (χ4n) is 5.57. The number of phosphoric ester groups is 2. The van der Waals surface area contributed by atoms with E-state index in [1.165, 1.54) is 70.6 Å². The molecule has 0 aromatic rings. The molecule has 0 aromatic carbocycles. The smallest absolute Gasteiger partial charge is 0.462 e. The van der Waals surface area contributed by atoms with Gasteiger partial charge in [-0.25, -0.2) is 9.13 Å². The molecule has 0 aliphatic heterocycles. The maximum Gasteiger partial charge on any atom is 0.472 e. The monoisotopic (exact) mass is 826 g/mol. The molecule has 0 aliphatic carbocycles. The van der Waals surface area contributed by atoms with E-state index < -0.39 is 59.6 Å². The summed E-state index contributed by atoms with van der Waals surface area (Å²) in [6.45, 7) is 1.72. The van der Waals surface area contributed by atoms with E-state index in [0.717, 1.165) is 70.6 Å². The summed E-state index contributed by atoms with van der Waals surface area (Å²) in [5.74, 6) is -1.04. The van der Waals surface area contributed by atoms with Crippen LogP contribution in [0.2, 0.25) is 0 Å². The molecule has 0 bridgehead atoms. The van der Waals surface area contributed by atoms with Gasteiger partial charge >= 0.3 is 27.6 Å². The molecule has 13 nitrogen and oxygen atoms in total. The van der Waals surface area contributed by atoms with E-state index >= 15 is 0 Å². The third-order valence-corrected chi connectivity index (χ3v) is 10.2. The van der Waals surface area contributed by atoms with Crippen LogP contribution in [0.3, 0.4) is 0 Å². The van der Waals surface area contributed by atoms with Crippen LogP contribution in [0.4, 0.5) is 0 Å². The molecule has 0 spiro atoms. The van der Waals surface area contributed by atoms with Gasteiger partial charge < -0.3 is 29.3 Å². The minimum absolute atomic E-state index is 0.126. The molecule has 0 saturated heterocycles. The molecule has 0 saturated carbocycles. The van der Waals surface area contributed by atoms with Gasteiger partial charge in [0.05, 0.1) is 19.8 Å². The standard InChI is InChI=1S/C40H76O13P2/c1-3-5-7-9-11-13-15-17-18-20-22-24-26-28-30-32-40(43)53-38(36-52-55(47,48)51-34-37(41)33-50-54(44,45)46)35-49-39(42)31-29-27-25-23-21-19-16-14-12-10-8-6-4-2/h13-16,37-38,41H,3-12,17-36H2,1-2H3,(H,47,48)(H2,44,45,46)/b15-13-,16-14-/t37-,38+/m0/s1. The van der Waals surface area contributed by atoms with E-state index in [4.69, 9.17) is 23.8 Å². The van der Waals surface area contributed by atoms with Crippen LogP contribution in [0.25, 0.3) is 0 Å². The lowest BCUT2D eigenvalue weighted by atomic mass is 10.1. The number of carbonyl (C=O) groups excluding carboxylic acids is 2. The summed E-state index contributed by atoms with van der Waals surface area (Å²) in [7, 11) is -9.66. The Morgan fingerprint density at radius 1 is 0.509 bits per heavy atom. The third-order valence-electron chi connectivity index (χ3n) is 8.80. The zero-order valence-corrected chi connectivity index (χ0v) is 35.8. The molecule has 0 heterocycles. The third kappa shape index (κ3) is 40.6. The highest BCUT2D eigenvalue weighted by Gasteiger charge is 2.28. The van der Waals surface area contributed by atoms with Gasteiger partial charge in [-0.2, -0.15) is 0 Å². The molecule has 0 aliphatic rings. The molecule has 4 N–H and O–H groups in total. The predicted octanol–water partition coefficient (Wildman–Crippen LogP) is 10.3. The summed E-state index contributed by atoms with van der Waals surface area (Å²) >= 11 is 0. The van der Waals surface area contributed by atoms with Crippen LogP contribution in [0.15, 0.2) is 24.3 Å². The fourth-order valence-corrected chi connectivity index (χ4v) is 6.73. The van der Waals surface area contributed by atoms with Crippen molar-refractivity contribution in [3.05, 3.63) is 24.3 Å². The Bertz CT molecular complexity index is 1080. The second-order valence-corrected chi connectivity index (χ2v) is 16.9. The molecule has 3 atom stereocenters. The number of phosphoric acid groups is 2. The fraction of sp³-hybridized carbons (Fsp3) is 0.850. The number of aliphatic hydroxyl groups is 1. The van der Waals surface area contributed by atoms with Gasteiger partial charge in [0.25, 0.3) is 0 Å². The Labute approximate surface area is 332 Å². The minimum Gasteiger partial charge on any atom is -0.462 e. The zero-order chi connectivity index (χ0) is 40.9. The molecule has 1 unspecified atom stereocenters. The summed E-state index contributed by atoms with van der Waals surface area (Å²) in [6, 6.07) is 0. The summed E-state index contributed by atoms with van der Waals surface area (Å²) < 4.78 is 47.7. The van der Waals surface area contributed by atoms with Crippen molar-refractivity contribution in [2.75, 3.05) is 26.4 Å². The van der Waals surface area contributed by atoms with E-state index in [9.17, 15) is 28.7 Å². The highest BCUT2D eigenvalue weighted by atomic mass is 31.2. The number of hydrogen-bond donors (Lipinski definition) is 4. The largest absolute Gasteiger partial charge is 0.472 e. The highest BCUT2D eigenvalue weighted by molar-refractivity contribution is 7.47. The molecule has 0 amide bonds.